The summed E-state index contributed by atoms with van der Waals surface area (Å²) in [7, 11) is 0. The summed E-state index contributed by atoms with van der Waals surface area (Å²) in [5, 5.41) is 13.3. The van der Waals surface area contributed by atoms with Gasteiger partial charge in [-0.1, -0.05) is 78.9 Å². The third-order valence-electron chi connectivity index (χ3n) is 5.83. The van der Waals surface area contributed by atoms with Crippen molar-refractivity contribution in [1.82, 2.24) is 10.2 Å². The molecule has 0 bridgehead atoms. The zero-order chi connectivity index (χ0) is 26.1. The minimum Gasteiger partial charge on any atom is -0.480 e. The van der Waals surface area contributed by atoms with Gasteiger partial charge < -0.3 is 15.3 Å². The molecule has 188 valence electrons. The number of benzene rings is 3. The molecule has 0 radical (unpaired) electrons. The van der Waals surface area contributed by atoms with Gasteiger partial charge in [-0.05, 0) is 56.9 Å². The normalized spacial score (nSPS) is 12.9. The second kappa shape index (κ2) is 12.2. The smallest absolute Gasteiger partial charge is 0.326 e. The van der Waals surface area contributed by atoms with Crippen molar-refractivity contribution in [3.05, 3.63) is 108 Å². The molecule has 0 aromatic heterocycles. The number of carbonyl (C=O) groups excluding carboxylic acids is 2. The molecule has 0 aliphatic heterocycles. The minimum atomic E-state index is -1.23. The fourth-order valence-electron chi connectivity index (χ4n) is 4.17. The van der Waals surface area contributed by atoms with Crippen LogP contribution in [0, 0.1) is 0 Å². The van der Waals surface area contributed by atoms with Crippen molar-refractivity contribution in [2.24, 2.45) is 0 Å². The molecule has 3 aromatic rings. The molecule has 6 nitrogen and oxygen atoms in total. The molecule has 2 N–H and O–H groups in total. The molecule has 2 amide bonds. The van der Waals surface area contributed by atoms with Gasteiger partial charge in [0.15, 0.2) is 0 Å². The fourth-order valence-corrected chi connectivity index (χ4v) is 4.17. The molecule has 0 heterocycles. The van der Waals surface area contributed by atoms with Crippen molar-refractivity contribution in [3.8, 4) is 0 Å². The number of carboxylic acid groups (broad SMARTS) is 1. The largest absolute Gasteiger partial charge is 0.480 e. The lowest BCUT2D eigenvalue weighted by atomic mass is 9.96. The Hall–Kier alpha value is -3.93. The maximum atomic E-state index is 13.9. The van der Waals surface area contributed by atoms with Gasteiger partial charge in [-0.25, -0.2) is 4.79 Å². The summed E-state index contributed by atoms with van der Waals surface area (Å²) >= 11 is 0. The van der Waals surface area contributed by atoms with Gasteiger partial charge in [0.05, 0.1) is 0 Å². The highest BCUT2D eigenvalue weighted by molar-refractivity contribution is 6.00. The van der Waals surface area contributed by atoms with E-state index >= 15 is 0 Å². The Bertz CT molecular complexity index is 1140. The number of hydrogen-bond donors (Lipinski definition) is 2. The number of rotatable bonds is 10. The molecule has 0 fully saturated rings. The van der Waals surface area contributed by atoms with E-state index in [1.54, 1.807) is 30.3 Å². The average molecular weight is 487 g/mol. The van der Waals surface area contributed by atoms with Gasteiger partial charge >= 0.3 is 5.97 Å². The standard InChI is InChI=1S/C30H34N2O4/c1-30(2,3)31-27(33)25(20-19-22-13-7-4-8-14-22)32(28(34)24-17-11-6-12-18-24)26(29(35)36)21-23-15-9-5-10-16-23/h4-18,25-26H,19-21H2,1-3H3,(H,31,33)(H,35,36). The second-order valence-electron chi connectivity index (χ2n) is 9.90. The van der Waals surface area contributed by atoms with E-state index in [9.17, 15) is 19.5 Å². The van der Waals surface area contributed by atoms with Crippen molar-refractivity contribution in [3.63, 3.8) is 0 Å². The first-order valence-electron chi connectivity index (χ1n) is 12.2. The molecule has 2 unspecified atom stereocenters. The SMILES string of the molecule is CC(C)(C)NC(=O)C(CCc1ccccc1)N(C(=O)c1ccccc1)C(Cc1ccccc1)C(=O)O. The molecular formula is C30H34N2O4. The summed E-state index contributed by atoms with van der Waals surface area (Å²) < 4.78 is 0. The Balaban J connectivity index is 2.07. The van der Waals surface area contributed by atoms with Crippen LogP contribution in [0.2, 0.25) is 0 Å². The molecule has 0 saturated carbocycles. The maximum Gasteiger partial charge on any atom is 0.326 e. The van der Waals surface area contributed by atoms with E-state index in [1.165, 1.54) is 4.90 Å². The first kappa shape index (κ1) is 26.7. The Kier molecular flexibility index (Phi) is 9.01. The number of nitrogens with zero attached hydrogens (tertiary/aromatic N) is 1. The van der Waals surface area contributed by atoms with E-state index < -0.39 is 29.5 Å². The van der Waals surface area contributed by atoms with Gasteiger partial charge in [0, 0.05) is 17.5 Å². The third-order valence-corrected chi connectivity index (χ3v) is 5.83. The highest BCUT2D eigenvalue weighted by atomic mass is 16.4. The molecule has 0 aliphatic carbocycles. The predicted molar refractivity (Wildman–Crippen MR) is 141 cm³/mol. The number of amides is 2. The number of carbonyl (C=O) groups is 3. The van der Waals surface area contributed by atoms with Gasteiger partial charge in [0.1, 0.15) is 12.1 Å². The van der Waals surface area contributed by atoms with E-state index in [-0.39, 0.29) is 18.7 Å². The Morgan fingerprint density at radius 1 is 0.778 bits per heavy atom. The second-order valence-corrected chi connectivity index (χ2v) is 9.90. The van der Waals surface area contributed by atoms with Crippen LogP contribution in [0.4, 0.5) is 0 Å². The Labute approximate surface area is 213 Å². The topological polar surface area (TPSA) is 86.7 Å². The van der Waals surface area contributed by atoms with Crippen LogP contribution in [-0.4, -0.2) is 45.4 Å². The molecule has 36 heavy (non-hydrogen) atoms. The zero-order valence-electron chi connectivity index (χ0n) is 21.1. The van der Waals surface area contributed by atoms with Crippen LogP contribution in [0.1, 0.15) is 48.7 Å². The molecule has 2 atom stereocenters. The summed E-state index contributed by atoms with van der Waals surface area (Å²) in [5.74, 6) is -2.01. The molecule has 6 heteroatoms. The summed E-state index contributed by atoms with van der Waals surface area (Å²) in [4.78, 5) is 41.4. The van der Waals surface area contributed by atoms with Crippen LogP contribution in [0.3, 0.4) is 0 Å². The van der Waals surface area contributed by atoms with Crippen molar-refractivity contribution in [2.45, 2.75) is 57.7 Å². The van der Waals surface area contributed by atoms with E-state index in [2.05, 4.69) is 5.32 Å². The van der Waals surface area contributed by atoms with Gasteiger partial charge in [-0.2, -0.15) is 0 Å². The Morgan fingerprint density at radius 3 is 1.78 bits per heavy atom. The van der Waals surface area contributed by atoms with E-state index in [0.717, 1.165) is 11.1 Å². The van der Waals surface area contributed by atoms with Crippen molar-refractivity contribution in [2.75, 3.05) is 0 Å². The predicted octanol–water partition coefficient (Wildman–Crippen LogP) is 4.74. The monoisotopic (exact) mass is 486 g/mol. The maximum absolute atomic E-state index is 13.9. The zero-order valence-corrected chi connectivity index (χ0v) is 21.1. The number of carboxylic acids is 1. The van der Waals surface area contributed by atoms with E-state index in [1.807, 2.05) is 81.4 Å². The number of aryl methyl sites for hydroxylation is 1. The van der Waals surface area contributed by atoms with Crippen molar-refractivity contribution in [1.29, 1.82) is 0 Å². The summed E-state index contributed by atoms with van der Waals surface area (Å²) in [6.07, 6.45) is 0.877. The Morgan fingerprint density at radius 2 is 1.28 bits per heavy atom. The lowest BCUT2D eigenvalue weighted by Gasteiger charge is -2.37. The van der Waals surface area contributed by atoms with Crippen LogP contribution in [0.15, 0.2) is 91.0 Å². The number of aliphatic carboxylic acids is 1. The average Bonchev–Trinajstić information content (AvgIpc) is 2.85. The minimum absolute atomic E-state index is 0.0827. The van der Waals surface area contributed by atoms with Crippen molar-refractivity contribution < 1.29 is 19.5 Å². The lowest BCUT2D eigenvalue weighted by Crippen LogP contribution is -2.59. The van der Waals surface area contributed by atoms with Crippen LogP contribution in [0.25, 0.3) is 0 Å². The fraction of sp³-hybridized carbons (Fsp3) is 0.300. The molecule has 0 aliphatic rings. The molecule has 0 saturated heterocycles. The summed E-state index contributed by atoms with van der Waals surface area (Å²) in [5.41, 5.74) is 1.56. The highest BCUT2D eigenvalue weighted by Crippen LogP contribution is 2.22. The van der Waals surface area contributed by atoms with E-state index in [0.29, 0.717) is 12.0 Å². The molecule has 0 spiro atoms. The highest BCUT2D eigenvalue weighted by Gasteiger charge is 2.40. The van der Waals surface area contributed by atoms with Crippen LogP contribution >= 0.6 is 0 Å². The van der Waals surface area contributed by atoms with Crippen molar-refractivity contribution >= 4 is 17.8 Å². The first-order chi connectivity index (χ1) is 17.2. The van der Waals surface area contributed by atoms with Gasteiger partial charge in [-0.15, -0.1) is 0 Å². The van der Waals surface area contributed by atoms with Crippen LogP contribution < -0.4 is 5.32 Å². The van der Waals surface area contributed by atoms with Gasteiger partial charge in [0.25, 0.3) is 5.91 Å². The quantitative estimate of drug-likeness (QED) is 0.433. The summed E-state index contributed by atoms with van der Waals surface area (Å²) in [6.45, 7) is 5.59. The number of nitrogens with one attached hydrogen (secondary N) is 1. The van der Waals surface area contributed by atoms with Crippen LogP contribution in [0.5, 0.6) is 0 Å². The van der Waals surface area contributed by atoms with Gasteiger partial charge in [-0.3, -0.25) is 9.59 Å². The lowest BCUT2D eigenvalue weighted by molar-refractivity contribution is -0.144. The number of hydrogen-bond acceptors (Lipinski definition) is 3. The van der Waals surface area contributed by atoms with E-state index in [4.69, 9.17) is 0 Å². The molecule has 3 rings (SSSR count). The first-order valence-corrected chi connectivity index (χ1v) is 12.2. The third kappa shape index (κ3) is 7.54. The summed E-state index contributed by atoms with van der Waals surface area (Å²) in [6, 6.07) is 25.2. The molecule has 3 aromatic carbocycles. The molecular weight excluding hydrogens is 452 g/mol. The van der Waals surface area contributed by atoms with Crippen LogP contribution in [-0.2, 0) is 22.4 Å². The van der Waals surface area contributed by atoms with Gasteiger partial charge in [0.2, 0.25) is 5.91 Å².